The minimum atomic E-state index is -5.28. The molecule has 7 nitrogen and oxygen atoms in total. The maximum absolute atomic E-state index is 13.8. The molecule has 0 saturated heterocycles. The molecule has 11 heteroatoms. The molecule has 1 aliphatic carbocycles. The molecule has 3 N–H and O–H groups in total. The molecule has 2 unspecified atom stereocenters. The highest BCUT2D eigenvalue weighted by Crippen LogP contribution is 2.35. The summed E-state index contributed by atoms with van der Waals surface area (Å²) < 4.78 is 65.8. The fourth-order valence-electron chi connectivity index (χ4n) is 3.93. The third-order valence-corrected chi connectivity index (χ3v) is 5.86. The Bertz CT molecular complexity index is 1040. The maximum atomic E-state index is 13.8. The molecule has 34 heavy (non-hydrogen) atoms. The number of rotatable bonds is 9. The van der Waals surface area contributed by atoms with E-state index in [0.29, 0.717) is 30.2 Å². The van der Waals surface area contributed by atoms with Crippen molar-refractivity contribution in [2.45, 2.75) is 64.0 Å². The van der Waals surface area contributed by atoms with Crippen LogP contribution in [0.15, 0.2) is 28.7 Å². The van der Waals surface area contributed by atoms with Gasteiger partial charge in [-0.05, 0) is 51.2 Å². The van der Waals surface area contributed by atoms with Crippen molar-refractivity contribution in [3.63, 3.8) is 0 Å². The zero-order valence-corrected chi connectivity index (χ0v) is 18.9. The normalized spacial score (nSPS) is 19.1. The number of ether oxygens (including phenoxy) is 1. The number of nitrogens with two attached hydrogens (primary N) is 1. The average Bonchev–Trinajstić information content (AvgIpc) is 3.14. The molecular formula is C23H27F4N3O4. The number of oxazole rings is 1. The Kier molecular flexibility index (Phi) is 7.64. The van der Waals surface area contributed by atoms with Gasteiger partial charge in [0.2, 0.25) is 5.89 Å². The third kappa shape index (κ3) is 5.57. The quantitative estimate of drug-likeness (QED) is 0.524. The van der Waals surface area contributed by atoms with Crippen molar-refractivity contribution < 1.29 is 36.3 Å². The molecule has 2 amide bonds. The number of aryl methyl sites for hydroxylation is 2. The van der Waals surface area contributed by atoms with Gasteiger partial charge in [0, 0.05) is 18.2 Å². The average molecular weight is 485 g/mol. The van der Waals surface area contributed by atoms with Crippen LogP contribution >= 0.6 is 0 Å². The minimum absolute atomic E-state index is 0.0761. The maximum Gasteiger partial charge on any atom is 0.395 e. The summed E-state index contributed by atoms with van der Waals surface area (Å²) in [5, 5.41) is 1.93. The Morgan fingerprint density at radius 2 is 1.94 bits per heavy atom. The molecule has 1 saturated carbocycles. The van der Waals surface area contributed by atoms with E-state index < -0.39 is 29.7 Å². The highest BCUT2D eigenvalue weighted by atomic mass is 19.3. The Labute approximate surface area is 194 Å². The van der Waals surface area contributed by atoms with Gasteiger partial charge < -0.3 is 20.2 Å². The molecule has 0 radical (unpaired) electrons. The Hall–Kier alpha value is -2.95. The number of primary amides is 1. The van der Waals surface area contributed by atoms with Crippen LogP contribution in [0.25, 0.3) is 11.5 Å². The number of amides is 2. The van der Waals surface area contributed by atoms with Crippen LogP contribution in [-0.4, -0.2) is 41.3 Å². The Morgan fingerprint density at radius 1 is 1.21 bits per heavy atom. The largest absolute Gasteiger partial charge is 0.441 e. The molecule has 1 aromatic heterocycles. The van der Waals surface area contributed by atoms with Gasteiger partial charge in [-0.15, -0.1) is 0 Å². The summed E-state index contributed by atoms with van der Waals surface area (Å²) in [5.74, 6) is -14.3. The van der Waals surface area contributed by atoms with E-state index in [9.17, 15) is 27.2 Å². The van der Waals surface area contributed by atoms with Crippen LogP contribution in [0, 0.1) is 19.8 Å². The minimum Gasteiger partial charge on any atom is -0.441 e. The lowest BCUT2D eigenvalue weighted by Gasteiger charge is -2.31. The fourth-order valence-corrected chi connectivity index (χ4v) is 3.93. The van der Waals surface area contributed by atoms with Gasteiger partial charge in [-0.2, -0.15) is 17.6 Å². The number of nitrogens with zero attached hydrogens (tertiary/aromatic N) is 1. The van der Waals surface area contributed by atoms with E-state index in [1.807, 2.05) is 36.5 Å². The highest BCUT2D eigenvalue weighted by Gasteiger charge is 2.66. The molecule has 0 spiro atoms. The van der Waals surface area contributed by atoms with Crippen molar-refractivity contribution in [3.8, 4) is 11.5 Å². The van der Waals surface area contributed by atoms with Crippen LogP contribution in [0.4, 0.5) is 17.6 Å². The van der Waals surface area contributed by atoms with Gasteiger partial charge in [-0.3, -0.25) is 9.59 Å². The van der Waals surface area contributed by atoms with Crippen LogP contribution in [-0.2, 0) is 20.9 Å². The molecule has 186 valence electrons. The Balaban J connectivity index is 1.52. The van der Waals surface area contributed by atoms with Gasteiger partial charge in [-0.1, -0.05) is 24.1 Å². The van der Waals surface area contributed by atoms with Crippen molar-refractivity contribution in [2.24, 2.45) is 11.7 Å². The zero-order valence-electron chi connectivity index (χ0n) is 18.9. The molecule has 0 aliphatic heterocycles. The van der Waals surface area contributed by atoms with Gasteiger partial charge >= 0.3 is 11.8 Å². The van der Waals surface area contributed by atoms with Gasteiger partial charge in [0.05, 0.1) is 6.61 Å². The first kappa shape index (κ1) is 25.7. The van der Waals surface area contributed by atoms with Crippen molar-refractivity contribution in [1.82, 2.24) is 10.3 Å². The first-order chi connectivity index (χ1) is 15.9. The van der Waals surface area contributed by atoms with Crippen LogP contribution in [0.2, 0.25) is 0 Å². The second-order valence-electron chi connectivity index (χ2n) is 8.62. The number of aromatic nitrogens is 1. The van der Waals surface area contributed by atoms with E-state index in [4.69, 9.17) is 9.15 Å². The van der Waals surface area contributed by atoms with E-state index in [0.717, 1.165) is 17.5 Å². The summed E-state index contributed by atoms with van der Waals surface area (Å²) in [6, 6.07) is 6.97. The molecule has 2 aromatic rings. The van der Waals surface area contributed by atoms with Crippen molar-refractivity contribution in [3.05, 3.63) is 41.3 Å². The monoisotopic (exact) mass is 485 g/mol. The molecular weight excluding hydrogens is 458 g/mol. The fraction of sp³-hybridized carbons (Fsp3) is 0.522. The van der Waals surface area contributed by atoms with Crippen LogP contribution in [0.5, 0.6) is 0 Å². The molecule has 3 rings (SSSR count). The number of carbonyl (C=O) groups is 2. The summed E-state index contributed by atoms with van der Waals surface area (Å²) in [6.45, 7) is 4.19. The first-order valence-corrected chi connectivity index (χ1v) is 10.9. The summed E-state index contributed by atoms with van der Waals surface area (Å²) >= 11 is 0. The zero-order chi connectivity index (χ0) is 25.1. The smallest absolute Gasteiger partial charge is 0.395 e. The summed E-state index contributed by atoms with van der Waals surface area (Å²) in [5.41, 5.74) is 6.87. The molecule has 1 fully saturated rings. The lowest BCUT2D eigenvalue weighted by atomic mass is 9.86. The second-order valence-corrected chi connectivity index (χ2v) is 8.62. The molecule has 1 aliphatic rings. The number of carbonyl (C=O) groups excluding carboxylic acids is 2. The number of benzene rings is 1. The van der Waals surface area contributed by atoms with Gasteiger partial charge in [0.1, 0.15) is 11.5 Å². The highest BCUT2D eigenvalue weighted by molar-refractivity contribution is 5.94. The Morgan fingerprint density at radius 3 is 2.62 bits per heavy atom. The first-order valence-electron chi connectivity index (χ1n) is 10.9. The molecule has 2 atom stereocenters. The van der Waals surface area contributed by atoms with Crippen molar-refractivity contribution in [1.29, 1.82) is 0 Å². The molecule has 1 heterocycles. The van der Waals surface area contributed by atoms with Crippen molar-refractivity contribution in [2.75, 3.05) is 6.61 Å². The van der Waals surface area contributed by atoms with E-state index >= 15 is 0 Å². The van der Waals surface area contributed by atoms with E-state index in [2.05, 4.69) is 10.7 Å². The molecule has 0 bridgehead atoms. The summed E-state index contributed by atoms with van der Waals surface area (Å²) in [6.07, 6.45) is 1.95. The predicted molar refractivity (Wildman–Crippen MR) is 114 cm³/mol. The number of nitrogens with one attached hydrogen (secondary N) is 1. The topological polar surface area (TPSA) is 107 Å². The van der Waals surface area contributed by atoms with Crippen LogP contribution in [0.3, 0.4) is 0 Å². The standard InChI is InChI=1S/C23H27F4N3O4/c1-13-5-3-7-16(9-13)19-30-18(14(2)34-19)12-33-11-15-6-4-8-17(10-15)29-21(32)23(26,27)22(24,25)20(28)31/h3,5,7,9,15,17H,4,6,8,10-12H2,1-2H3,(H2,28,31)(H,29,32). The lowest BCUT2D eigenvalue weighted by molar-refractivity contribution is -0.209. The van der Waals surface area contributed by atoms with E-state index in [1.165, 1.54) is 0 Å². The SMILES string of the molecule is Cc1cccc(-c2nc(COCC3CCCC(NC(=O)C(F)(F)C(F)(F)C(N)=O)C3)c(C)o2)c1. The van der Waals surface area contributed by atoms with Gasteiger partial charge in [-0.25, -0.2) is 4.98 Å². The number of hydrogen-bond donors (Lipinski definition) is 2. The number of alkyl halides is 4. The second kappa shape index (κ2) is 10.1. The van der Waals surface area contributed by atoms with Crippen molar-refractivity contribution >= 4 is 11.8 Å². The third-order valence-electron chi connectivity index (χ3n) is 5.86. The molecule has 1 aromatic carbocycles. The summed E-state index contributed by atoms with van der Waals surface area (Å²) in [7, 11) is 0. The number of hydrogen-bond acceptors (Lipinski definition) is 5. The lowest BCUT2D eigenvalue weighted by Crippen LogP contribution is -2.60. The van der Waals surface area contributed by atoms with E-state index in [1.54, 1.807) is 6.92 Å². The van der Waals surface area contributed by atoms with Gasteiger partial charge in [0.15, 0.2) is 0 Å². The predicted octanol–water partition coefficient (Wildman–Crippen LogP) is 3.91. The van der Waals surface area contributed by atoms with E-state index in [-0.39, 0.29) is 25.6 Å². The van der Waals surface area contributed by atoms with Crippen LogP contribution in [0.1, 0.15) is 42.7 Å². The van der Waals surface area contributed by atoms with Gasteiger partial charge in [0.25, 0.3) is 11.8 Å². The summed E-state index contributed by atoms with van der Waals surface area (Å²) in [4.78, 5) is 26.9. The number of halogens is 4. The van der Waals surface area contributed by atoms with Crippen LogP contribution < -0.4 is 11.1 Å².